The van der Waals surface area contributed by atoms with Gasteiger partial charge in [-0.3, -0.25) is 19.5 Å². The van der Waals surface area contributed by atoms with Crippen LogP contribution in [0.5, 0.6) is 0 Å². The van der Waals surface area contributed by atoms with E-state index in [1.54, 1.807) is 6.20 Å². The van der Waals surface area contributed by atoms with Gasteiger partial charge in [0, 0.05) is 42.9 Å². The molecular weight excluding hydrogens is 561 g/mol. The zero-order chi connectivity index (χ0) is 30.6. The number of alkyl halides is 3. The molecule has 0 radical (unpaired) electrons. The standard InChI is InChI=1S/C32H37F3N4O4/c1-2-16-43-28-20-39(23-10-13-31(42,14-11-23)25-12-15-36-26-9-4-3-8-24(25)26)19-27(28)38-29(40)18-37-30(41)21-6-5-7-22(17-21)32(33,34)35/h3-9,12,15,17,23,27-28,42H,2,10-11,13-14,16,18-20H2,1H3,(H,37,41)(H,38,40)/t23?,27-,28+,31?/m0/s1. The van der Waals surface area contributed by atoms with Crippen molar-refractivity contribution < 1.29 is 32.6 Å². The van der Waals surface area contributed by atoms with Crippen LogP contribution in [-0.2, 0) is 21.3 Å². The quantitative estimate of drug-likeness (QED) is 0.337. The number of pyridine rings is 1. The smallest absolute Gasteiger partial charge is 0.385 e. The maximum Gasteiger partial charge on any atom is 0.416 e. The number of hydrogen-bond acceptors (Lipinski definition) is 6. The predicted octanol–water partition coefficient (Wildman–Crippen LogP) is 4.41. The lowest BCUT2D eigenvalue weighted by molar-refractivity contribution is -0.137. The summed E-state index contributed by atoms with van der Waals surface area (Å²) in [5, 5.41) is 18.0. The SMILES string of the molecule is CCCO[C@@H]1CN(C2CCC(O)(c3ccnc4ccccc34)CC2)C[C@@H]1NC(=O)CNC(=O)c1cccc(C(F)(F)F)c1. The maximum absolute atomic E-state index is 13.0. The average Bonchev–Trinajstić information content (AvgIpc) is 3.40. The topological polar surface area (TPSA) is 104 Å². The maximum atomic E-state index is 13.0. The summed E-state index contributed by atoms with van der Waals surface area (Å²) in [6.45, 7) is 3.36. The van der Waals surface area contributed by atoms with Crippen LogP contribution in [-0.4, -0.2) is 71.2 Å². The van der Waals surface area contributed by atoms with Crippen molar-refractivity contribution in [2.75, 3.05) is 26.2 Å². The van der Waals surface area contributed by atoms with E-state index in [9.17, 15) is 27.9 Å². The Morgan fingerprint density at radius 3 is 2.60 bits per heavy atom. The zero-order valence-corrected chi connectivity index (χ0v) is 24.1. The van der Waals surface area contributed by atoms with Crippen LogP contribution in [0, 0.1) is 0 Å². The molecule has 2 aliphatic rings. The summed E-state index contributed by atoms with van der Waals surface area (Å²) < 4.78 is 45.1. The number of ether oxygens (including phenoxy) is 1. The van der Waals surface area contributed by atoms with Gasteiger partial charge in [-0.25, -0.2) is 0 Å². The first kappa shape index (κ1) is 30.9. The number of nitrogens with one attached hydrogen (secondary N) is 2. The highest BCUT2D eigenvalue weighted by atomic mass is 19.4. The molecular formula is C32H37F3N4O4. The highest BCUT2D eigenvalue weighted by molar-refractivity contribution is 5.96. The number of halogens is 3. The first-order valence-corrected chi connectivity index (χ1v) is 14.7. The number of rotatable bonds is 9. The highest BCUT2D eigenvalue weighted by Crippen LogP contribution is 2.41. The lowest BCUT2D eigenvalue weighted by Gasteiger charge is -2.40. The van der Waals surface area contributed by atoms with E-state index in [0.29, 0.717) is 32.5 Å². The second-order valence-electron chi connectivity index (χ2n) is 11.4. The van der Waals surface area contributed by atoms with Gasteiger partial charge in [0.25, 0.3) is 5.91 Å². The Morgan fingerprint density at radius 2 is 1.86 bits per heavy atom. The van der Waals surface area contributed by atoms with Gasteiger partial charge in [-0.15, -0.1) is 0 Å². The lowest BCUT2D eigenvalue weighted by atomic mass is 9.76. The van der Waals surface area contributed by atoms with Gasteiger partial charge in [-0.2, -0.15) is 13.2 Å². The van der Waals surface area contributed by atoms with Crippen molar-refractivity contribution in [2.45, 2.75) is 69.0 Å². The summed E-state index contributed by atoms with van der Waals surface area (Å²) >= 11 is 0. The first-order valence-electron chi connectivity index (χ1n) is 14.7. The average molecular weight is 599 g/mol. The molecule has 2 fully saturated rings. The zero-order valence-electron chi connectivity index (χ0n) is 24.1. The third kappa shape index (κ3) is 7.17. The number of benzene rings is 2. The molecule has 2 atom stereocenters. The van der Waals surface area contributed by atoms with Crippen LogP contribution < -0.4 is 10.6 Å². The van der Waals surface area contributed by atoms with Crippen LogP contribution in [0.3, 0.4) is 0 Å². The van der Waals surface area contributed by atoms with Crippen LogP contribution in [0.4, 0.5) is 13.2 Å². The van der Waals surface area contributed by atoms with Crippen molar-refractivity contribution in [1.29, 1.82) is 0 Å². The Bertz CT molecular complexity index is 1440. The molecule has 3 N–H and O–H groups in total. The van der Waals surface area contributed by atoms with Gasteiger partial charge in [0.15, 0.2) is 0 Å². The summed E-state index contributed by atoms with van der Waals surface area (Å²) in [5.74, 6) is -1.20. The van der Waals surface area contributed by atoms with E-state index in [-0.39, 0.29) is 30.3 Å². The minimum Gasteiger partial charge on any atom is -0.385 e. The summed E-state index contributed by atoms with van der Waals surface area (Å²) in [4.78, 5) is 32.0. The molecule has 2 aromatic carbocycles. The minimum atomic E-state index is -4.57. The molecule has 0 unspecified atom stereocenters. The number of amides is 2. The molecule has 0 spiro atoms. The van der Waals surface area contributed by atoms with Gasteiger partial charge in [0.05, 0.1) is 35.4 Å². The molecule has 0 bridgehead atoms. The Kier molecular flexibility index (Phi) is 9.33. The Labute approximate surface area is 248 Å². The van der Waals surface area contributed by atoms with Crippen LogP contribution in [0.25, 0.3) is 10.9 Å². The predicted molar refractivity (Wildman–Crippen MR) is 155 cm³/mol. The highest BCUT2D eigenvalue weighted by Gasteiger charge is 2.42. The Morgan fingerprint density at radius 1 is 1.09 bits per heavy atom. The molecule has 1 aliphatic heterocycles. The molecule has 230 valence electrons. The molecule has 1 saturated carbocycles. The summed E-state index contributed by atoms with van der Waals surface area (Å²) in [6, 6.07) is 13.7. The third-order valence-electron chi connectivity index (χ3n) is 8.49. The van der Waals surface area contributed by atoms with Crippen LogP contribution in [0.1, 0.15) is 60.5 Å². The number of para-hydroxylation sites is 1. The van der Waals surface area contributed by atoms with Gasteiger partial charge < -0.3 is 20.5 Å². The van der Waals surface area contributed by atoms with Crippen molar-refractivity contribution in [2.24, 2.45) is 0 Å². The van der Waals surface area contributed by atoms with Crippen LogP contribution in [0.15, 0.2) is 60.8 Å². The Balaban J connectivity index is 1.17. The van der Waals surface area contributed by atoms with Gasteiger partial charge in [-0.05, 0) is 68.0 Å². The largest absolute Gasteiger partial charge is 0.416 e. The molecule has 1 saturated heterocycles. The van der Waals surface area contributed by atoms with E-state index in [0.717, 1.165) is 53.9 Å². The lowest BCUT2D eigenvalue weighted by Crippen LogP contribution is -2.48. The van der Waals surface area contributed by atoms with Crippen molar-refractivity contribution in [3.8, 4) is 0 Å². The van der Waals surface area contributed by atoms with Crippen LogP contribution >= 0.6 is 0 Å². The van der Waals surface area contributed by atoms with Crippen LogP contribution in [0.2, 0.25) is 0 Å². The molecule has 11 heteroatoms. The van der Waals surface area contributed by atoms with E-state index in [4.69, 9.17) is 4.74 Å². The molecule has 2 amide bonds. The Hall–Kier alpha value is -3.54. The van der Waals surface area contributed by atoms with Gasteiger partial charge in [-0.1, -0.05) is 31.2 Å². The van der Waals surface area contributed by atoms with E-state index in [1.807, 2.05) is 37.3 Å². The molecule has 1 aliphatic carbocycles. The van der Waals surface area contributed by atoms with Crippen molar-refractivity contribution >= 4 is 22.7 Å². The second-order valence-corrected chi connectivity index (χ2v) is 11.4. The fourth-order valence-corrected chi connectivity index (χ4v) is 6.25. The number of likely N-dealkylation sites (tertiary alicyclic amines) is 1. The molecule has 2 heterocycles. The van der Waals surface area contributed by atoms with E-state index < -0.39 is 29.2 Å². The molecule has 5 rings (SSSR count). The number of hydrogen-bond donors (Lipinski definition) is 3. The third-order valence-corrected chi connectivity index (χ3v) is 8.49. The normalized spacial score (nSPS) is 24.6. The summed E-state index contributed by atoms with van der Waals surface area (Å²) in [7, 11) is 0. The molecule has 1 aromatic heterocycles. The number of aromatic nitrogens is 1. The minimum absolute atomic E-state index is 0.171. The van der Waals surface area contributed by atoms with Crippen molar-refractivity contribution in [3.63, 3.8) is 0 Å². The number of nitrogens with zero attached hydrogens (tertiary/aromatic N) is 2. The van der Waals surface area contributed by atoms with Crippen molar-refractivity contribution in [1.82, 2.24) is 20.5 Å². The number of fused-ring (bicyclic) bond motifs is 1. The molecule has 8 nitrogen and oxygen atoms in total. The van der Waals surface area contributed by atoms with E-state index in [1.165, 1.54) is 6.07 Å². The summed E-state index contributed by atoms with van der Waals surface area (Å²) in [6.07, 6.45) is 0.506. The fraction of sp³-hybridized carbons (Fsp3) is 0.469. The molecule has 43 heavy (non-hydrogen) atoms. The van der Waals surface area contributed by atoms with Gasteiger partial charge >= 0.3 is 6.18 Å². The molecule has 3 aromatic rings. The fourth-order valence-electron chi connectivity index (χ4n) is 6.25. The monoisotopic (exact) mass is 598 g/mol. The van der Waals surface area contributed by atoms with E-state index in [2.05, 4.69) is 20.5 Å². The van der Waals surface area contributed by atoms with E-state index >= 15 is 0 Å². The second kappa shape index (κ2) is 13.0. The van der Waals surface area contributed by atoms with Gasteiger partial charge in [0.1, 0.15) is 0 Å². The first-order chi connectivity index (χ1) is 20.6. The van der Waals surface area contributed by atoms with Crippen molar-refractivity contribution in [3.05, 3.63) is 77.5 Å². The number of aliphatic hydroxyl groups is 1. The number of carbonyl (C=O) groups is 2. The number of carbonyl (C=O) groups excluding carboxylic acids is 2. The summed E-state index contributed by atoms with van der Waals surface area (Å²) in [5.41, 5.74) is -0.282. The van der Waals surface area contributed by atoms with Gasteiger partial charge in [0.2, 0.25) is 5.91 Å².